The van der Waals surface area contributed by atoms with Crippen molar-refractivity contribution in [3.63, 3.8) is 0 Å². The van der Waals surface area contributed by atoms with E-state index < -0.39 is 21.4 Å². The molecule has 0 aliphatic heterocycles. The van der Waals surface area contributed by atoms with Crippen molar-refractivity contribution in [3.8, 4) is 17.3 Å². The lowest BCUT2D eigenvalue weighted by molar-refractivity contribution is 0.457. The van der Waals surface area contributed by atoms with Crippen molar-refractivity contribution in [2.75, 3.05) is 0 Å². The molecule has 0 amide bonds. The summed E-state index contributed by atoms with van der Waals surface area (Å²) in [6, 6.07) is 32.3. The first-order valence-corrected chi connectivity index (χ1v) is 13.3. The molecule has 1 aromatic heterocycles. The van der Waals surface area contributed by atoms with Gasteiger partial charge in [-0.25, -0.2) is 13.9 Å². The van der Waals surface area contributed by atoms with Crippen molar-refractivity contribution in [2.24, 2.45) is 0 Å². The van der Waals surface area contributed by atoms with E-state index in [-0.39, 0.29) is 22.8 Å². The van der Waals surface area contributed by atoms with Gasteiger partial charge < -0.3 is 4.18 Å². The first-order chi connectivity index (χ1) is 18.3. The van der Waals surface area contributed by atoms with Gasteiger partial charge in [-0.3, -0.25) is 4.79 Å². The van der Waals surface area contributed by atoms with Crippen molar-refractivity contribution in [1.82, 2.24) is 9.13 Å². The van der Waals surface area contributed by atoms with E-state index in [1.807, 2.05) is 37.3 Å². The molecular weight excluding hydrogens is 500 g/mol. The van der Waals surface area contributed by atoms with E-state index >= 15 is 0 Å². The fourth-order valence-electron chi connectivity index (χ4n) is 4.14. The van der Waals surface area contributed by atoms with Crippen LogP contribution in [0, 0.1) is 6.92 Å². The molecule has 0 spiro atoms. The van der Waals surface area contributed by atoms with Crippen LogP contribution in [-0.4, -0.2) is 17.6 Å². The van der Waals surface area contributed by atoms with Gasteiger partial charge in [0.25, 0.3) is 5.56 Å². The lowest BCUT2D eigenvalue weighted by Gasteiger charge is -2.19. The first kappa shape index (κ1) is 25.0. The summed E-state index contributed by atoms with van der Waals surface area (Å²) in [5.41, 5.74) is 0.948. The highest BCUT2D eigenvalue weighted by Gasteiger charge is 2.28. The Labute approximate surface area is 220 Å². The smallest absolute Gasteiger partial charge is 0.343 e. The minimum Gasteiger partial charge on any atom is -0.359 e. The molecule has 0 aliphatic carbocycles. The summed E-state index contributed by atoms with van der Waals surface area (Å²) >= 11 is 0. The second kappa shape index (κ2) is 10.4. The predicted octanol–water partition coefficient (Wildman–Crippen LogP) is 4.66. The maximum atomic E-state index is 13.9. The molecule has 0 unspecified atom stereocenters. The molecular formula is C30H24N2O5S. The fourth-order valence-corrected chi connectivity index (χ4v) is 5.09. The standard InChI is InChI=1S/C30H24N2O5S/c1-22-17-19-26(20-18-22)38(35,36)37-29-27(21-23-11-5-2-6-12-23)28(33)31(24-13-7-3-8-14-24)30(34)32(29)25-15-9-4-10-16-25/h2-20H,21H2,1H3. The fraction of sp³-hybridized carbons (Fsp3) is 0.0667. The Balaban J connectivity index is 1.84. The van der Waals surface area contributed by atoms with E-state index in [1.54, 1.807) is 72.8 Å². The van der Waals surface area contributed by atoms with E-state index in [0.717, 1.165) is 20.3 Å². The van der Waals surface area contributed by atoms with Gasteiger partial charge in [-0.1, -0.05) is 84.4 Å². The van der Waals surface area contributed by atoms with Gasteiger partial charge in [0.1, 0.15) is 4.90 Å². The van der Waals surface area contributed by atoms with Gasteiger partial charge in [-0.2, -0.15) is 8.42 Å². The Morgan fingerprint density at radius 3 is 1.71 bits per heavy atom. The Kier molecular flexibility index (Phi) is 6.81. The zero-order chi connectivity index (χ0) is 26.7. The molecule has 0 saturated heterocycles. The van der Waals surface area contributed by atoms with Crippen molar-refractivity contribution in [3.05, 3.63) is 153 Å². The van der Waals surface area contributed by atoms with Crippen molar-refractivity contribution in [1.29, 1.82) is 0 Å². The molecule has 8 heteroatoms. The predicted molar refractivity (Wildman–Crippen MR) is 146 cm³/mol. The molecule has 0 N–H and O–H groups in total. The monoisotopic (exact) mass is 524 g/mol. The van der Waals surface area contributed by atoms with Gasteiger partial charge in [-0.05, 0) is 48.9 Å². The molecule has 38 heavy (non-hydrogen) atoms. The number of hydrogen-bond acceptors (Lipinski definition) is 5. The van der Waals surface area contributed by atoms with Crippen LogP contribution in [0.4, 0.5) is 0 Å². The lowest BCUT2D eigenvalue weighted by atomic mass is 10.1. The Morgan fingerprint density at radius 1 is 0.658 bits per heavy atom. The van der Waals surface area contributed by atoms with Crippen LogP contribution in [0.5, 0.6) is 5.88 Å². The highest BCUT2D eigenvalue weighted by molar-refractivity contribution is 7.87. The third kappa shape index (κ3) is 4.94. The summed E-state index contributed by atoms with van der Waals surface area (Å²) in [6.45, 7) is 1.84. The van der Waals surface area contributed by atoms with Crippen LogP contribution in [0.1, 0.15) is 16.7 Å². The quantitative estimate of drug-likeness (QED) is 0.289. The molecule has 4 aromatic carbocycles. The van der Waals surface area contributed by atoms with Gasteiger partial charge in [-0.15, -0.1) is 0 Å². The highest BCUT2D eigenvalue weighted by atomic mass is 32.2. The van der Waals surface area contributed by atoms with E-state index in [2.05, 4.69) is 0 Å². The molecule has 0 aliphatic rings. The van der Waals surface area contributed by atoms with Crippen molar-refractivity contribution < 1.29 is 12.6 Å². The van der Waals surface area contributed by atoms with E-state index in [4.69, 9.17) is 4.18 Å². The largest absolute Gasteiger partial charge is 0.359 e. The van der Waals surface area contributed by atoms with Crippen molar-refractivity contribution in [2.45, 2.75) is 18.2 Å². The van der Waals surface area contributed by atoms with Crippen LogP contribution < -0.4 is 15.4 Å². The van der Waals surface area contributed by atoms with Gasteiger partial charge in [0.05, 0.1) is 16.9 Å². The summed E-state index contributed by atoms with van der Waals surface area (Å²) < 4.78 is 34.7. The molecule has 190 valence electrons. The molecule has 0 radical (unpaired) electrons. The van der Waals surface area contributed by atoms with Crippen LogP contribution in [0.15, 0.2) is 130 Å². The van der Waals surface area contributed by atoms with E-state index in [1.165, 1.54) is 12.1 Å². The Morgan fingerprint density at radius 2 is 1.16 bits per heavy atom. The average molecular weight is 525 g/mol. The SMILES string of the molecule is Cc1ccc(S(=O)(=O)Oc2c(Cc3ccccc3)c(=O)n(-c3ccccc3)c(=O)n2-c2ccccc2)cc1. The number of aryl methyl sites for hydroxylation is 1. The number of para-hydroxylation sites is 2. The maximum Gasteiger partial charge on any atom is 0.343 e. The second-order valence-electron chi connectivity index (χ2n) is 8.73. The highest BCUT2D eigenvalue weighted by Crippen LogP contribution is 2.26. The molecule has 1 heterocycles. The minimum atomic E-state index is -4.39. The molecule has 5 rings (SSSR count). The summed E-state index contributed by atoms with van der Waals surface area (Å²) in [5.74, 6) is -0.345. The number of aromatic nitrogens is 2. The van der Waals surface area contributed by atoms with Crippen LogP contribution in [-0.2, 0) is 16.5 Å². The van der Waals surface area contributed by atoms with Gasteiger partial charge in [0.2, 0.25) is 5.88 Å². The van der Waals surface area contributed by atoms with Crippen LogP contribution in [0.3, 0.4) is 0 Å². The van der Waals surface area contributed by atoms with Crippen molar-refractivity contribution >= 4 is 10.1 Å². The zero-order valence-electron chi connectivity index (χ0n) is 20.5. The number of hydrogen-bond donors (Lipinski definition) is 0. The van der Waals surface area contributed by atoms with E-state index in [9.17, 15) is 18.0 Å². The van der Waals surface area contributed by atoms with Crippen LogP contribution in [0.25, 0.3) is 11.4 Å². The van der Waals surface area contributed by atoms with Gasteiger partial charge >= 0.3 is 15.8 Å². The van der Waals surface area contributed by atoms with Crippen LogP contribution >= 0.6 is 0 Å². The number of benzene rings is 4. The van der Waals surface area contributed by atoms with E-state index in [0.29, 0.717) is 11.4 Å². The Bertz CT molecular complexity index is 1800. The summed E-state index contributed by atoms with van der Waals surface area (Å²) in [7, 11) is -4.39. The lowest BCUT2D eigenvalue weighted by Crippen LogP contribution is -2.41. The average Bonchev–Trinajstić information content (AvgIpc) is 2.93. The van der Waals surface area contributed by atoms with Gasteiger partial charge in [0, 0.05) is 6.42 Å². The third-order valence-electron chi connectivity index (χ3n) is 6.06. The zero-order valence-corrected chi connectivity index (χ0v) is 21.3. The summed E-state index contributed by atoms with van der Waals surface area (Å²) in [5, 5.41) is 0. The molecule has 0 bridgehead atoms. The molecule has 5 aromatic rings. The number of nitrogens with zero attached hydrogens (tertiary/aromatic N) is 2. The molecule has 7 nitrogen and oxygen atoms in total. The normalized spacial score (nSPS) is 11.3. The Hall–Kier alpha value is -4.69. The topological polar surface area (TPSA) is 87.4 Å². The second-order valence-corrected chi connectivity index (χ2v) is 10.3. The molecule has 0 atom stereocenters. The first-order valence-electron chi connectivity index (χ1n) is 11.9. The summed E-state index contributed by atoms with van der Waals surface area (Å²) in [4.78, 5) is 27.8. The maximum absolute atomic E-state index is 13.9. The third-order valence-corrected chi connectivity index (χ3v) is 7.28. The summed E-state index contributed by atoms with van der Waals surface area (Å²) in [6.07, 6.45) is 0.0401. The molecule has 0 saturated carbocycles. The molecule has 0 fully saturated rings. The van der Waals surface area contributed by atoms with Gasteiger partial charge in [0.15, 0.2) is 0 Å². The minimum absolute atomic E-state index is 0.0270. The number of rotatable bonds is 7. The van der Waals surface area contributed by atoms with Crippen LogP contribution in [0.2, 0.25) is 0 Å².